The molecule has 0 fully saturated rings. The average molecular weight is 267 g/mol. The Morgan fingerprint density at radius 1 is 1.41 bits per heavy atom. The molecule has 17 heavy (non-hydrogen) atoms. The van der Waals surface area contributed by atoms with E-state index in [9.17, 15) is 22.8 Å². The van der Waals surface area contributed by atoms with Crippen molar-refractivity contribution in [2.24, 2.45) is 0 Å². The standard InChI is InChI=1S/C10H6ClF3O3/c1-5(16)8-6(4-15)2-3-7(11)9(8)17-10(12,13)14/h2-4H,1H3. The molecule has 0 saturated carbocycles. The minimum Gasteiger partial charge on any atom is -0.403 e. The number of aldehydes is 1. The number of hydrogen-bond acceptors (Lipinski definition) is 3. The van der Waals surface area contributed by atoms with Crippen molar-refractivity contribution in [3.05, 3.63) is 28.3 Å². The first kappa shape index (κ1) is 13.5. The van der Waals surface area contributed by atoms with Gasteiger partial charge in [0, 0.05) is 5.56 Å². The monoisotopic (exact) mass is 266 g/mol. The van der Waals surface area contributed by atoms with Crippen LogP contribution in [0.4, 0.5) is 13.2 Å². The van der Waals surface area contributed by atoms with Gasteiger partial charge in [-0.15, -0.1) is 13.2 Å². The molecule has 0 radical (unpaired) electrons. The molecule has 0 saturated heterocycles. The topological polar surface area (TPSA) is 43.4 Å². The molecule has 7 heteroatoms. The summed E-state index contributed by atoms with van der Waals surface area (Å²) in [6.45, 7) is 1.02. The maximum atomic E-state index is 12.1. The quantitative estimate of drug-likeness (QED) is 0.623. The van der Waals surface area contributed by atoms with E-state index in [0.717, 1.165) is 19.1 Å². The first-order valence-corrected chi connectivity index (χ1v) is 4.68. The third-order valence-electron chi connectivity index (χ3n) is 1.84. The van der Waals surface area contributed by atoms with Gasteiger partial charge in [-0.2, -0.15) is 0 Å². The molecule has 0 unspecified atom stereocenters. The Kier molecular flexibility index (Phi) is 3.77. The number of benzene rings is 1. The Balaban J connectivity index is 3.44. The van der Waals surface area contributed by atoms with E-state index in [1.165, 1.54) is 0 Å². The normalized spacial score (nSPS) is 11.1. The van der Waals surface area contributed by atoms with Crippen LogP contribution in [0.5, 0.6) is 5.75 Å². The molecule has 1 aromatic carbocycles. The molecule has 0 aliphatic rings. The van der Waals surface area contributed by atoms with Crippen molar-refractivity contribution in [2.45, 2.75) is 13.3 Å². The fourth-order valence-electron chi connectivity index (χ4n) is 1.25. The van der Waals surface area contributed by atoms with Crippen LogP contribution in [0.1, 0.15) is 27.6 Å². The maximum absolute atomic E-state index is 12.1. The first-order valence-electron chi connectivity index (χ1n) is 4.30. The second kappa shape index (κ2) is 4.75. The molecule has 1 aromatic rings. The van der Waals surface area contributed by atoms with E-state index in [2.05, 4.69) is 4.74 Å². The van der Waals surface area contributed by atoms with Crippen LogP contribution in [0.2, 0.25) is 5.02 Å². The van der Waals surface area contributed by atoms with Crippen molar-refractivity contribution in [1.82, 2.24) is 0 Å². The van der Waals surface area contributed by atoms with E-state index in [0.29, 0.717) is 0 Å². The van der Waals surface area contributed by atoms with Crippen molar-refractivity contribution in [3.8, 4) is 5.75 Å². The van der Waals surface area contributed by atoms with E-state index < -0.39 is 28.5 Å². The van der Waals surface area contributed by atoms with E-state index >= 15 is 0 Å². The molecular weight excluding hydrogens is 261 g/mol. The summed E-state index contributed by atoms with van der Waals surface area (Å²) in [6, 6.07) is 2.20. The van der Waals surface area contributed by atoms with Crippen molar-refractivity contribution >= 4 is 23.7 Å². The molecule has 0 aliphatic heterocycles. The van der Waals surface area contributed by atoms with Gasteiger partial charge < -0.3 is 4.74 Å². The lowest BCUT2D eigenvalue weighted by molar-refractivity contribution is -0.274. The molecule has 0 atom stereocenters. The van der Waals surface area contributed by atoms with Gasteiger partial charge in [-0.25, -0.2) is 0 Å². The first-order chi connectivity index (χ1) is 7.76. The number of hydrogen-bond donors (Lipinski definition) is 0. The summed E-state index contributed by atoms with van der Waals surface area (Å²) < 4.78 is 40.0. The molecule has 0 bridgehead atoms. The number of alkyl halides is 3. The van der Waals surface area contributed by atoms with Gasteiger partial charge in [0.05, 0.1) is 10.6 Å². The van der Waals surface area contributed by atoms with Crippen LogP contribution >= 0.6 is 11.6 Å². The van der Waals surface area contributed by atoms with Crippen LogP contribution in [-0.4, -0.2) is 18.4 Å². The lowest BCUT2D eigenvalue weighted by atomic mass is 10.0. The van der Waals surface area contributed by atoms with Gasteiger partial charge in [0.1, 0.15) is 0 Å². The molecule has 0 aliphatic carbocycles. The predicted molar refractivity (Wildman–Crippen MR) is 53.5 cm³/mol. The Morgan fingerprint density at radius 2 is 2.00 bits per heavy atom. The van der Waals surface area contributed by atoms with Crippen LogP contribution in [-0.2, 0) is 0 Å². The zero-order chi connectivity index (χ0) is 13.2. The van der Waals surface area contributed by atoms with E-state index in [1.54, 1.807) is 0 Å². The van der Waals surface area contributed by atoms with Crippen LogP contribution in [0.15, 0.2) is 12.1 Å². The highest BCUT2D eigenvalue weighted by molar-refractivity contribution is 6.33. The summed E-state index contributed by atoms with van der Waals surface area (Å²) >= 11 is 5.52. The highest BCUT2D eigenvalue weighted by Crippen LogP contribution is 2.35. The zero-order valence-electron chi connectivity index (χ0n) is 8.47. The number of halogens is 4. The number of carbonyl (C=O) groups excluding carboxylic acids is 2. The largest absolute Gasteiger partial charge is 0.573 e. The van der Waals surface area contributed by atoms with Gasteiger partial charge in [-0.1, -0.05) is 11.6 Å². The molecule has 92 valence electrons. The second-order valence-corrected chi connectivity index (χ2v) is 3.47. The third-order valence-corrected chi connectivity index (χ3v) is 2.14. The van der Waals surface area contributed by atoms with E-state index in [4.69, 9.17) is 11.6 Å². The Bertz CT molecular complexity index is 469. The van der Waals surface area contributed by atoms with Crippen LogP contribution in [0, 0.1) is 0 Å². The molecule has 0 heterocycles. The average Bonchev–Trinajstić information content (AvgIpc) is 2.18. The lowest BCUT2D eigenvalue weighted by Crippen LogP contribution is -2.19. The molecule has 0 N–H and O–H groups in total. The Hall–Kier alpha value is -1.56. The zero-order valence-corrected chi connectivity index (χ0v) is 9.22. The van der Waals surface area contributed by atoms with Crippen molar-refractivity contribution in [3.63, 3.8) is 0 Å². The fraction of sp³-hybridized carbons (Fsp3) is 0.200. The second-order valence-electron chi connectivity index (χ2n) is 3.06. The number of rotatable bonds is 3. The molecular formula is C10H6ClF3O3. The molecule has 0 amide bonds. The maximum Gasteiger partial charge on any atom is 0.573 e. The summed E-state index contributed by atoms with van der Waals surface area (Å²) in [5.74, 6) is -1.59. The van der Waals surface area contributed by atoms with Gasteiger partial charge in [-0.3, -0.25) is 9.59 Å². The minimum atomic E-state index is -4.99. The summed E-state index contributed by atoms with van der Waals surface area (Å²) in [5.41, 5.74) is -0.689. The fourth-order valence-corrected chi connectivity index (χ4v) is 1.45. The number of ether oxygens (including phenoxy) is 1. The highest BCUT2D eigenvalue weighted by Gasteiger charge is 2.34. The number of carbonyl (C=O) groups is 2. The molecule has 0 spiro atoms. The van der Waals surface area contributed by atoms with Crippen molar-refractivity contribution < 1.29 is 27.5 Å². The van der Waals surface area contributed by atoms with E-state index in [-0.39, 0.29) is 11.8 Å². The number of ketones is 1. The third kappa shape index (κ3) is 3.20. The van der Waals surface area contributed by atoms with Crippen LogP contribution < -0.4 is 4.74 Å². The van der Waals surface area contributed by atoms with Crippen LogP contribution in [0.3, 0.4) is 0 Å². The smallest absolute Gasteiger partial charge is 0.403 e. The van der Waals surface area contributed by atoms with Gasteiger partial charge in [0.15, 0.2) is 17.8 Å². The summed E-state index contributed by atoms with van der Waals surface area (Å²) in [6.07, 6.45) is -4.73. The highest BCUT2D eigenvalue weighted by atomic mass is 35.5. The van der Waals surface area contributed by atoms with Gasteiger partial charge >= 0.3 is 6.36 Å². The van der Waals surface area contributed by atoms with Gasteiger partial charge in [-0.05, 0) is 19.1 Å². The lowest BCUT2D eigenvalue weighted by Gasteiger charge is -2.14. The Morgan fingerprint density at radius 3 is 2.41 bits per heavy atom. The predicted octanol–water partition coefficient (Wildman–Crippen LogP) is 3.25. The van der Waals surface area contributed by atoms with Gasteiger partial charge in [0.25, 0.3) is 0 Å². The van der Waals surface area contributed by atoms with Crippen LogP contribution in [0.25, 0.3) is 0 Å². The summed E-state index contributed by atoms with van der Waals surface area (Å²) in [7, 11) is 0. The molecule has 3 nitrogen and oxygen atoms in total. The van der Waals surface area contributed by atoms with Gasteiger partial charge in [0.2, 0.25) is 0 Å². The minimum absolute atomic E-state index is 0.207. The van der Waals surface area contributed by atoms with Crippen molar-refractivity contribution in [2.75, 3.05) is 0 Å². The summed E-state index contributed by atoms with van der Waals surface area (Å²) in [4.78, 5) is 21.8. The Labute approximate surface area is 99.1 Å². The molecule has 1 rings (SSSR count). The van der Waals surface area contributed by atoms with Crippen molar-refractivity contribution in [1.29, 1.82) is 0 Å². The molecule has 0 aromatic heterocycles. The van der Waals surface area contributed by atoms with E-state index in [1.807, 2.05) is 0 Å². The SMILES string of the molecule is CC(=O)c1c(C=O)ccc(Cl)c1OC(F)(F)F. The number of Topliss-reactive ketones (excluding diaryl/α,β-unsaturated/α-hetero) is 1. The summed E-state index contributed by atoms with van der Waals surface area (Å²) in [5, 5.41) is -0.391.